The van der Waals surface area contributed by atoms with Crippen LogP contribution >= 0.6 is 15.9 Å². The molecule has 0 saturated heterocycles. The molecule has 88 valence electrons. The molecule has 0 aliphatic carbocycles. The molecule has 7 heteroatoms. The van der Waals surface area contributed by atoms with E-state index in [0.29, 0.717) is 0 Å². The molecule has 0 radical (unpaired) electrons. The van der Waals surface area contributed by atoms with E-state index in [-0.39, 0.29) is 11.1 Å². The predicted octanol–water partition coefficient (Wildman–Crippen LogP) is 3.54. The largest absolute Gasteiger partial charge is 0.465 e. The molecule has 1 aromatic carbocycles. The van der Waals surface area contributed by atoms with Crippen LogP contribution in [0.25, 0.3) is 0 Å². The number of carbonyl (C=O) groups is 1. The summed E-state index contributed by atoms with van der Waals surface area (Å²) in [6, 6.07) is 3.90. The van der Waals surface area contributed by atoms with Crippen LogP contribution in [0.15, 0.2) is 24.3 Å². The van der Waals surface area contributed by atoms with Crippen LogP contribution in [-0.4, -0.2) is 16.7 Å². The molecule has 0 spiro atoms. The average Bonchev–Trinajstić information content (AvgIpc) is 2.17. The van der Waals surface area contributed by atoms with E-state index in [0.717, 1.165) is 29.2 Å². The van der Waals surface area contributed by atoms with Gasteiger partial charge in [-0.05, 0) is 24.3 Å². The number of halogens is 4. The molecule has 16 heavy (non-hydrogen) atoms. The Hall–Kier alpha value is -1.24. The topological polar surface area (TPSA) is 40.5 Å². The van der Waals surface area contributed by atoms with Crippen molar-refractivity contribution < 1.29 is 23.1 Å². The van der Waals surface area contributed by atoms with E-state index in [1.165, 1.54) is 0 Å². The first kappa shape index (κ1) is 12.8. The highest BCUT2D eigenvalue weighted by molar-refractivity contribution is 9.09. The van der Waals surface area contributed by atoms with Crippen LogP contribution in [0, 0.1) is 0 Å². The quantitative estimate of drug-likeness (QED) is 0.670. The van der Waals surface area contributed by atoms with Crippen molar-refractivity contribution in [1.29, 1.82) is 0 Å². The van der Waals surface area contributed by atoms with Crippen molar-refractivity contribution in [1.82, 2.24) is 0 Å². The maximum absolute atomic E-state index is 12.2. The normalized spacial score (nSPS) is 11.2. The summed E-state index contributed by atoms with van der Waals surface area (Å²) in [6.07, 6.45) is -5.65. The summed E-state index contributed by atoms with van der Waals surface area (Å²) in [5.74, 6) is 0. The van der Waals surface area contributed by atoms with Crippen LogP contribution in [0.4, 0.5) is 23.7 Å². The zero-order chi connectivity index (χ0) is 12.3. The molecule has 0 unspecified atom stereocenters. The van der Waals surface area contributed by atoms with Crippen LogP contribution < -0.4 is 4.90 Å². The highest BCUT2D eigenvalue weighted by Crippen LogP contribution is 2.30. The molecular weight excluding hydrogens is 291 g/mol. The van der Waals surface area contributed by atoms with E-state index in [1.54, 1.807) is 0 Å². The fourth-order valence-corrected chi connectivity index (χ4v) is 1.57. The summed E-state index contributed by atoms with van der Waals surface area (Å²) >= 11 is 2.93. The van der Waals surface area contributed by atoms with Crippen LogP contribution in [0.1, 0.15) is 5.56 Å². The van der Waals surface area contributed by atoms with Crippen molar-refractivity contribution in [2.45, 2.75) is 6.18 Å². The third-order valence-corrected chi connectivity index (χ3v) is 2.36. The summed E-state index contributed by atoms with van der Waals surface area (Å²) < 4.78 is 36.7. The highest BCUT2D eigenvalue weighted by Gasteiger charge is 2.30. The van der Waals surface area contributed by atoms with Crippen molar-refractivity contribution in [2.24, 2.45) is 0 Å². The minimum atomic E-state index is -4.42. The van der Waals surface area contributed by atoms with Crippen molar-refractivity contribution in [2.75, 3.05) is 10.4 Å². The molecule has 0 atom stereocenters. The number of carboxylic acid groups (broad SMARTS) is 1. The number of rotatable bonds is 2. The van der Waals surface area contributed by atoms with Gasteiger partial charge in [0.2, 0.25) is 0 Å². The van der Waals surface area contributed by atoms with Gasteiger partial charge in [-0.3, -0.25) is 4.90 Å². The van der Waals surface area contributed by atoms with Gasteiger partial charge in [-0.25, -0.2) is 4.79 Å². The average molecular weight is 298 g/mol. The van der Waals surface area contributed by atoms with Gasteiger partial charge in [-0.15, -0.1) is 0 Å². The van der Waals surface area contributed by atoms with Crippen LogP contribution in [0.5, 0.6) is 0 Å². The second kappa shape index (κ2) is 4.73. The summed E-state index contributed by atoms with van der Waals surface area (Å²) in [4.78, 5) is 11.6. The molecule has 1 rings (SSSR count). The summed E-state index contributed by atoms with van der Waals surface area (Å²) in [6.45, 7) is 0. The number of hydrogen-bond acceptors (Lipinski definition) is 1. The first-order valence-electron chi connectivity index (χ1n) is 4.10. The molecule has 0 aliphatic rings. The second-order valence-corrected chi connectivity index (χ2v) is 3.38. The summed E-state index contributed by atoms with van der Waals surface area (Å²) in [5, 5.41) is 8.73. The number of nitrogens with zero attached hydrogens (tertiary/aromatic N) is 1. The summed E-state index contributed by atoms with van der Waals surface area (Å²) in [7, 11) is 0. The number of benzene rings is 1. The lowest BCUT2D eigenvalue weighted by Crippen LogP contribution is -2.27. The Morgan fingerprint density at radius 3 is 2.12 bits per heavy atom. The number of amides is 1. The lowest BCUT2D eigenvalue weighted by Gasteiger charge is -2.16. The lowest BCUT2D eigenvalue weighted by molar-refractivity contribution is -0.137. The van der Waals surface area contributed by atoms with Gasteiger partial charge in [0, 0.05) is 5.69 Å². The fourth-order valence-electron chi connectivity index (χ4n) is 1.06. The molecule has 0 saturated carbocycles. The van der Waals surface area contributed by atoms with E-state index in [4.69, 9.17) is 5.11 Å². The standard InChI is InChI=1S/C9H7BrF3NO2/c10-5-14(8(15)16)7-3-1-6(2-4-7)9(11,12)13/h1-4H,5H2,(H,15,16). The Morgan fingerprint density at radius 2 is 1.81 bits per heavy atom. The molecule has 0 fully saturated rings. The lowest BCUT2D eigenvalue weighted by atomic mass is 10.2. The van der Waals surface area contributed by atoms with Crippen LogP contribution in [-0.2, 0) is 6.18 Å². The Labute approximate surface area is 97.6 Å². The number of alkyl halides is 4. The van der Waals surface area contributed by atoms with Gasteiger partial charge >= 0.3 is 12.3 Å². The number of anilines is 1. The fraction of sp³-hybridized carbons (Fsp3) is 0.222. The molecule has 0 heterocycles. The maximum atomic E-state index is 12.2. The smallest absolute Gasteiger partial charge is 0.416 e. The van der Waals surface area contributed by atoms with Gasteiger partial charge in [-0.2, -0.15) is 13.2 Å². The minimum absolute atomic E-state index is 0.00625. The molecule has 1 N–H and O–H groups in total. The highest BCUT2D eigenvalue weighted by atomic mass is 79.9. The third kappa shape index (κ3) is 2.88. The van der Waals surface area contributed by atoms with E-state index in [9.17, 15) is 18.0 Å². The Balaban J connectivity index is 2.98. The van der Waals surface area contributed by atoms with E-state index in [2.05, 4.69) is 15.9 Å². The van der Waals surface area contributed by atoms with Crippen molar-refractivity contribution in [3.8, 4) is 0 Å². The van der Waals surface area contributed by atoms with E-state index < -0.39 is 17.8 Å². The first-order valence-corrected chi connectivity index (χ1v) is 5.22. The molecule has 0 aromatic heterocycles. The Kier molecular flexibility index (Phi) is 3.79. The van der Waals surface area contributed by atoms with Crippen molar-refractivity contribution in [3.05, 3.63) is 29.8 Å². The summed E-state index contributed by atoms with van der Waals surface area (Å²) in [5.41, 5.74) is -0.637. The van der Waals surface area contributed by atoms with Crippen LogP contribution in [0.2, 0.25) is 0 Å². The minimum Gasteiger partial charge on any atom is -0.465 e. The Morgan fingerprint density at radius 1 is 1.31 bits per heavy atom. The van der Waals surface area contributed by atoms with Gasteiger partial charge in [0.1, 0.15) is 0 Å². The van der Waals surface area contributed by atoms with Gasteiger partial charge in [0.15, 0.2) is 0 Å². The van der Waals surface area contributed by atoms with Crippen molar-refractivity contribution in [3.63, 3.8) is 0 Å². The third-order valence-electron chi connectivity index (χ3n) is 1.86. The van der Waals surface area contributed by atoms with Crippen molar-refractivity contribution >= 4 is 27.7 Å². The molecule has 1 amide bonds. The predicted molar refractivity (Wildman–Crippen MR) is 55.7 cm³/mol. The van der Waals surface area contributed by atoms with Crippen LogP contribution in [0.3, 0.4) is 0 Å². The maximum Gasteiger partial charge on any atom is 0.416 e. The van der Waals surface area contributed by atoms with Gasteiger partial charge < -0.3 is 5.11 Å². The zero-order valence-electron chi connectivity index (χ0n) is 7.83. The second-order valence-electron chi connectivity index (χ2n) is 2.87. The van der Waals surface area contributed by atoms with Gasteiger partial charge in [-0.1, -0.05) is 15.9 Å². The molecule has 0 bridgehead atoms. The number of hydrogen-bond donors (Lipinski definition) is 1. The molecule has 3 nitrogen and oxygen atoms in total. The van der Waals surface area contributed by atoms with Gasteiger partial charge in [0.05, 0.1) is 11.0 Å². The molecule has 1 aromatic rings. The molecule has 0 aliphatic heterocycles. The van der Waals surface area contributed by atoms with E-state index in [1.807, 2.05) is 0 Å². The SMILES string of the molecule is O=C(O)N(CBr)c1ccc(C(F)(F)F)cc1. The van der Waals surface area contributed by atoms with E-state index >= 15 is 0 Å². The Bertz CT molecular complexity index is 377. The van der Waals surface area contributed by atoms with Gasteiger partial charge in [0.25, 0.3) is 0 Å². The monoisotopic (exact) mass is 297 g/mol. The molecular formula is C9H7BrF3NO2. The first-order chi connectivity index (χ1) is 7.36. The zero-order valence-corrected chi connectivity index (χ0v) is 9.42.